The summed E-state index contributed by atoms with van der Waals surface area (Å²) in [5.74, 6) is 0. The minimum atomic E-state index is 0.301. The molecule has 1 aromatic heterocycles. The maximum Gasteiger partial charge on any atom is 0.0756 e. The highest BCUT2D eigenvalue weighted by atomic mass is 15.4. The Bertz CT molecular complexity index is 311. The van der Waals surface area contributed by atoms with Crippen LogP contribution in [-0.4, -0.2) is 22.0 Å². The van der Waals surface area contributed by atoms with E-state index in [4.69, 9.17) is 0 Å². The summed E-state index contributed by atoms with van der Waals surface area (Å²) in [4.78, 5) is 0. The normalized spacial score (nSPS) is 14.1. The summed E-state index contributed by atoms with van der Waals surface area (Å²) < 4.78 is 2.01. The van der Waals surface area contributed by atoms with Gasteiger partial charge in [-0.25, -0.2) is 4.68 Å². The lowest BCUT2D eigenvalue weighted by Gasteiger charge is -2.25. The van der Waals surface area contributed by atoms with Crippen LogP contribution in [0.4, 0.5) is 0 Å². The van der Waals surface area contributed by atoms with E-state index in [9.17, 15) is 0 Å². The molecule has 0 spiro atoms. The summed E-state index contributed by atoms with van der Waals surface area (Å²) in [5.41, 5.74) is 1.49. The molecule has 0 fully saturated rings. The predicted molar refractivity (Wildman–Crippen MR) is 66.2 cm³/mol. The number of rotatable bonds is 5. The van der Waals surface area contributed by atoms with Gasteiger partial charge in [0.2, 0.25) is 0 Å². The monoisotopic (exact) mass is 224 g/mol. The number of hydrogen-bond acceptors (Lipinski definition) is 3. The number of aromatic nitrogens is 3. The maximum absolute atomic E-state index is 4.13. The Hall–Kier alpha value is -0.900. The molecule has 1 atom stereocenters. The predicted octanol–water partition coefficient (Wildman–Crippen LogP) is 2.38. The molecule has 0 aliphatic carbocycles. The van der Waals surface area contributed by atoms with E-state index in [1.165, 1.54) is 5.69 Å². The fourth-order valence-electron chi connectivity index (χ4n) is 1.89. The van der Waals surface area contributed by atoms with Gasteiger partial charge in [0.25, 0.3) is 0 Å². The number of aryl methyl sites for hydroxylation is 1. The molecule has 0 bridgehead atoms. The van der Waals surface area contributed by atoms with E-state index in [2.05, 4.69) is 43.3 Å². The highest BCUT2D eigenvalue weighted by Crippen LogP contribution is 2.28. The molecular formula is C12H24N4. The molecule has 1 rings (SSSR count). The zero-order valence-corrected chi connectivity index (χ0v) is 11.1. The Balaban J connectivity index is 2.82. The molecule has 1 N–H and O–H groups in total. The first-order valence-corrected chi connectivity index (χ1v) is 6.03. The zero-order valence-electron chi connectivity index (χ0n) is 11.1. The minimum Gasteiger partial charge on any atom is -0.312 e. The zero-order chi connectivity index (χ0) is 12.2. The third-order valence-corrected chi connectivity index (χ3v) is 2.61. The summed E-state index contributed by atoms with van der Waals surface area (Å²) in [6, 6.07) is 0.335. The topological polar surface area (TPSA) is 42.7 Å². The molecule has 0 aliphatic heterocycles. The molecule has 1 unspecified atom stereocenters. The summed E-state index contributed by atoms with van der Waals surface area (Å²) in [6.45, 7) is 9.86. The second kappa shape index (κ2) is 5.43. The van der Waals surface area contributed by atoms with Crippen molar-refractivity contribution in [2.24, 2.45) is 5.41 Å². The molecule has 0 aliphatic rings. The first kappa shape index (κ1) is 13.2. The van der Waals surface area contributed by atoms with E-state index in [1.54, 1.807) is 0 Å². The molecule has 0 aromatic carbocycles. The number of hydrogen-bond donors (Lipinski definition) is 1. The van der Waals surface area contributed by atoms with Gasteiger partial charge in [0.15, 0.2) is 0 Å². The Morgan fingerprint density at radius 2 is 2.12 bits per heavy atom. The molecule has 0 saturated carbocycles. The van der Waals surface area contributed by atoms with Gasteiger partial charge in [0.05, 0.1) is 17.9 Å². The molecule has 16 heavy (non-hydrogen) atoms. The van der Waals surface area contributed by atoms with Crippen LogP contribution >= 0.6 is 0 Å². The second-order valence-corrected chi connectivity index (χ2v) is 5.49. The van der Waals surface area contributed by atoms with Crippen LogP contribution in [0.5, 0.6) is 0 Å². The maximum atomic E-state index is 4.13. The van der Waals surface area contributed by atoms with Gasteiger partial charge in [-0.2, -0.15) is 0 Å². The highest BCUT2D eigenvalue weighted by molar-refractivity contribution is 5.03. The Labute approximate surface area is 98.4 Å². The Kier molecular flexibility index (Phi) is 4.47. The quantitative estimate of drug-likeness (QED) is 0.835. The number of nitrogens with one attached hydrogen (secondary N) is 1. The second-order valence-electron chi connectivity index (χ2n) is 5.49. The van der Waals surface area contributed by atoms with Gasteiger partial charge in [-0.15, -0.1) is 5.10 Å². The first-order valence-electron chi connectivity index (χ1n) is 6.03. The van der Waals surface area contributed by atoms with Crippen LogP contribution < -0.4 is 5.32 Å². The van der Waals surface area contributed by atoms with Crippen LogP contribution in [0, 0.1) is 5.41 Å². The van der Waals surface area contributed by atoms with Gasteiger partial charge in [0, 0.05) is 6.54 Å². The van der Waals surface area contributed by atoms with Crippen molar-refractivity contribution < 1.29 is 0 Å². The summed E-state index contributed by atoms with van der Waals surface area (Å²) >= 11 is 0. The van der Waals surface area contributed by atoms with Gasteiger partial charge in [-0.3, -0.25) is 0 Å². The van der Waals surface area contributed by atoms with Crippen molar-refractivity contribution in [2.45, 2.75) is 53.1 Å². The van der Waals surface area contributed by atoms with E-state index in [0.717, 1.165) is 19.4 Å². The Morgan fingerprint density at radius 1 is 1.44 bits per heavy atom. The summed E-state index contributed by atoms with van der Waals surface area (Å²) in [6.07, 6.45) is 4.05. The first-order chi connectivity index (χ1) is 7.48. The fourth-order valence-corrected chi connectivity index (χ4v) is 1.89. The smallest absolute Gasteiger partial charge is 0.0756 e. The lowest BCUT2D eigenvalue weighted by molar-refractivity contribution is 0.310. The van der Waals surface area contributed by atoms with Crippen LogP contribution in [0.1, 0.15) is 52.3 Å². The van der Waals surface area contributed by atoms with E-state index < -0.39 is 0 Å². The lowest BCUT2D eigenvalue weighted by atomic mass is 9.87. The standard InChI is InChI=1S/C12H24N4/c1-6-7-16-11(9-14-15-16)10(13-5)8-12(2,3)4/h9-10,13H,6-8H2,1-5H3. The van der Waals surface area contributed by atoms with E-state index >= 15 is 0 Å². The summed E-state index contributed by atoms with van der Waals surface area (Å²) in [7, 11) is 2.00. The molecule has 4 heteroatoms. The van der Waals surface area contributed by atoms with Crippen LogP contribution in [0.3, 0.4) is 0 Å². The minimum absolute atomic E-state index is 0.301. The molecule has 1 heterocycles. The van der Waals surface area contributed by atoms with Gasteiger partial charge in [0.1, 0.15) is 0 Å². The van der Waals surface area contributed by atoms with Crippen molar-refractivity contribution in [3.05, 3.63) is 11.9 Å². The van der Waals surface area contributed by atoms with Crippen molar-refractivity contribution in [1.82, 2.24) is 20.3 Å². The third-order valence-electron chi connectivity index (χ3n) is 2.61. The van der Waals surface area contributed by atoms with Crippen LogP contribution in [-0.2, 0) is 6.54 Å². The average Bonchev–Trinajstić information content (AvgIpc) is 2.61. The van der Waals surface area contributed by atoms with E-state index in [0.29, 0.717) is 11.5 Å². The molecule has 0 radical (unpaired) electrons. The van der Waals surface area contributed by atoms with Crippen LogP contribution in [0.2, 0.25) is 0 Å². The molecular weight excluding hydrogens is 200 g/mol. The highest BCUT2D eigenvalue weighted by Gasteiger charge is 2.21. The average molecular weight is 224 g/mol. The molecule has 0 saturated heterocycles. The van der Waals surface area contributed by atoms with E-state index in [-0.39, 0.29) is 0 Å². The van der Waals surface area contributed by atoms with Crippen molar-refractivity contribution in [3.8, 4) is 0 Å². The number of nitrogens with zero attached hydrogens (tertiary/aromatic N) is 3. The third kappa shape index (κ3) is 3.59. The van der Waals surface area contributed by atoms with Crippen molar-refractivity contribution in [2.75, 3.05) is 7.05 Å². The Morgan fingerprint density at radius 3 is 2.62 bits per heavy atom. The molecule has 92 valence electrons. The van der Waals surface area contributed by atoms with Gasteiger partial charge in [-0.1, -0.05) is 32.9 Å². The molecule has 1 aromatic rings. The SMILES string of the molecule is CCCn1nncc1C(CC(C)(C)C)NC. The summed E-state index contributed by atoms with van der Waals surface area (Å²) in [5, 5.41) is 11.5. The lowest BCUT2D eigenvalue weighted by Crippen LogP contribution is -2.25. The van der Waals surface area contributed by atoms with E-state index in [1.807, 2.05) is 17.9 Å². The molecule has 4 nitrogen and oxygen atoms in total. The van der Waals surface area contributed by atoms with Crippen LogP contribution in [0.25, 0.3) is 0 Å². The van der Waals surface area contributed by atoms with Gasteiger partial charge < -0.3 is 5.32 Å². The van der Waals surface area contributed by atoms with Gasteiger partial charge >= 0.3 is 0 Å². The van der Waals surface area contributed by atoms with Crippen molar-refractivity contribution in [3.63, 3.8) is 0 Å². The van der Waals surface area contributed by atoms with Gasteiger partial charge in [-0.05, 0) is 25.3 Å². The van der Waals surface area contributed by atoms with Crippen molar-refractivity contribution >= 4 is 0 Å². The molecule has 0 amide bonds. The van der Waals surface area contributed by atoms with Crippen LogP contribution in [0.15, 0.2) is 6.20 Å². The largest absolute Gasteiger partial charge is 0.312 e. The van der Waals surface area contributed by atoms with Crippen molar-refractivity contribution in [1.29, 1.82) is 0 Å². The fraction of sp³-hybridized carbons (Fsp3) is 0.833.